The SMILES string of the molecule is NCc1nc(-c2ccc(NC(=O)c3cc(C4CC4)on3)cc2)n[nH]1. The first-order valence-corrected chi connectivity index (χ1v) is 7.72. The molecule has 122 valence electrons. The van der Waals surface area contributed by atoms with Crippen molar-refractivity contribution in [2.24, 2.45) is 5.73 Å². The zero-order valence-corrected chi connectivity index (χ0v) is 12.8. The molecule has 1 fully saturated rings. The Hall–Kier alpha value is -3.00. The van der Waals surface area contributed by atoms with E-state index in [0.29, 0.717) is 35.5 Å². The first kappa shape index (κ1) is 14.6. The van der Waals surface area contributed by atoms with E-state index in [2.05, 4.69) is 25.7 Å². The van der Waals surface area contributed by atoms with E-state index in [1.807, 2.05) is 12.1 Å². The molecule has 8 heteroatoms. The second-order valence-electron chi connectivity index (χ2n) is 5.73. The molecular formula is C16H16N6O2. The normalized spacial score (nSPS) is 13.9. The first-order chi connectivity index (χ1) is 11.7. The standard InChI is InChI=1S/C16H16N6O2/c17-8-14-19-15(21-20-14)10-3-5-11(6-4-10)18-16(23)12-7-13(24-22-12)9-1-2-9/h3-7,9H,1-2,8,17H2,(H,18,23)(H,19,20,21). The number of aromatic amines is 1. The number of anilines is 1. The highest BCUT2D eigenvalue weighted by atomic mass is 16.5. The fourth-order valence-corrected chi connectivity index (χ4v) is 2.37. The Labute approximate surface area is 137 Å². The Morgan fingerprint density at radius 3 is 2.79 bits per heavy atom. The number of benzene rings is 1. The molecule has 8 nitrogen and oxygen atoms in total. The topological polar surface area (TPSA) is 123 Å². The van der Waals surface area contributed by atoms with Crippen LogP contribution in [0.5, 0.6) is 0 Å². The van der Waals surface area contributed by atoms with Crippen molar-refractivity contribution in [2.45, 2.75) is 25.3 Å². The Kier molecular flexibility index (Phi) is 3.58. The first-order valence-electron chi connectivity index (χ1n) is 7.72. The fourth-order valence-electron chi connectivity index (χ4n) is 2.37. The largest absolute Gasteiger partial charge is 0.360 e. The fraction of sp³-hybridized carbons (Fsp3) is 0.250. The maximum absolute atomic E-state index is 12.2. The maximum Gasteiger partial charge on any atom is 0.277 e. The van der Waals surface area contributed by atoms with Gasteiger partial charge in [-0.2, -0.15) is 5.10 Å². The number of nitrogens with two attached hydrogens (primary N) is 1. The third-order valence-corrected chi connectivity index (χ3v) is 3.87. The summed E-state index contributed by atoms with van der Waals surface area (Å²) < 4.78 is 5.20. The van der Waals surface area contributed by atoms with Crippen molar-refractivity contribution in [1.82, 2.24) is 20.3 Å². The van der Waals surface area contributed by atoms with Crippen LogP contribution in [0.3, 0.4) is 0 Å². The van der Waals surface area contributed by atoms with E-state index in [1.165, 1.54) is 0 Å². The van der Waals surface area contributed by atoms with E-state index in [0.717, 1.165) is 24.2 Å². The number of nitrogens with zero attached hydrogens (tertiary/aromatic N) is 3. The molecule has 1 aliphatic rings. The lowest BCUT2D eigenvalue weighted by atomic mass is 10.2. The van der Waals surface area contributed by atoms with Crippen LogP contribution >= 0.6 is 0 Å². The van der Waals surface area contributed by atoms with Crippen molar-refractivity contribution in [3.05, 3.63) is 47.6 Å². The lowest BCUT2D eigenvalue weighted by molar-refractivity contribution is 0.101. The Morgan fingerprint density at radius 1 is 1.33 bits per heavy atom. The highest BCUT2D eigenvalue weighted by Crippen LogP contribution is 2.40. The molecule has 0 saturated heterocycles. The van der Waals surface area contributed by atoms with E-state index in [9.17, 15) is 4.79 Å². The van der Waals surface area contributed by atoms with Crippen molar-refractivity contribution in [1.29, 1.82) is 0 Å². The van der Waals surface area contributed by atoms with Crippen LogP contribution in [0.15, 0.2) is 34.9 Å². The molecule has 0 radical (unpaired) electrons. The van der Waals surface area contributed by atoms with Crippen molar-refractivity contribution in [3.63, 3.8) is 0 Å². The summed E-state index contributed by atoms with van der Waals surface area (Å²) in [6.45, 7) is 0.307. The molecule has 24 heavy (non-hydrogen) atoms. The summed E-state index contributed by atoms with van der Waals surface area (Å²) in [5, 5.41) is 13.5. The van der Waals surface area contributed by atoms with Crippen LogP contribution < -0.4 is 11.1 Å². The zero-order chi connectivity index (χ0) is 16.5. The third-order valence-electron chi connectivity index (χ3n) is 3.87. The van der Waals surface area contributed by atoms with Gasteiger partial charge in [-0.15, -0.1) is 0 Å². The molecule has 4 N–H and O–H groups in total. The quantitative estimate of drug-likeness (QED) is 0.660. The molecule has 0 atom stereocenters. The van der Waals surface area contributed by atoms with E-state index < -0.39 is 0 Å². The van der Waals surface area contributed by atoms with E-state index in [4.69, 9.17) is 10.3 Å². The van der Waals surface area contributed by atoms with Gasteiger partial charge < -0.3 is 15.6 Å². The summed E-state index contributed by atoms with van der Waals surface area (Å²) in [5.41, 5.74) is 7.29. The van der Waals surface area contributed by atoms with E-state index >= 15 is 0 Å². The molecule has 2 heterocycles. The number of hydrogen-bond donors (Lipinski definition) is 3. The van der Waals surface area contributed by atoms with Crippen LogP contribution in [-0.2, 0) is 6.54 Å². The minimum absolute atomic E-state index is 0.290. The molecule has 0 bridgehead atoms. The average molecular weight is 324 g/mol. The van der Waals surface area contributed by atoms with Gasteiger partial charge in [0.25, 0.3) is 5.91 Å². The molecule has 2 aromatic heterocycles. The van der Waals surface area contributed by atoms with Crippen LogP contribution in [-0.4, -0.2) is 26.2 Å². The van der Waals surface area contributed by atoms with Crippen LogP contribution in [0.25, 0.3) is 11.4 Å². The van der Waals surface area contributed by atoms with Crippen LogP contribution in [0.1, 0.15) is 40.8 Å². The van der Waals surface area contributed by atoms with Gasteiger partial charge in [-0.3, -0.25) is 9.89 Å². The van der Waals surface area contributed by atoms with Gasteiger partial charge in [-0.05, 0) is 37.1 Å². The zero-order valence-electron chi connectivity index (χ0n) is 12.8. The highest BCUT2D eigenvalue weighted by Gasteiger charge is 2.28. The number of rotatable bonds is 5. The average Bonchev–Trinajstić information content (AvgIpc) is 3.14. The molecule has 1 amide bonds. The molecule has 3 aromatic rings. The summed E-state index contributed by atoms with van der Waals surface area (Å²) in [5.74, 6) is 2.12. The smallest absolute Gasteiger partial charge is 0.277 e. The molecule has 0 unspecified atom stereocenters. The van der Waals surface area contributed by atoms with Crippen molar-refractivity contribution < 1.29 is 9.32 Å². The lowest BCUT2D eigenvalue weighted by Gasteiger charge is -2.03. The molecule has 1 aromatic carbocycles. The Bertz CT molecular complexity index is 863. The summed E-state index contributed by atoms with van der Waals surface area (Å²) in [6.07, 6.45) is 2.20. The summed E-state index contributed by atoms with van der Waals surface area (Å²) >= 11 is 0. The van der Waals surface area contributed by atoms with Crippen molar-refractivity contribution >= 4 is 11.6 Å². The number of carbonyl (C=O) groups excluding carboxylic acids is 1. The number of H-pyrrole nitrogens is 1. The highest BCUT2D eigenvalue weighted by molar-refractivity contribution is 6.02. The maximum atomic E-state index is 12.2. The number of aromatic nitrogens is 4. The van der Waals surface area contributed by atoms with E-state index in [-0.39, 0.29) is 5.91 Å². The van der Waals surface area contributed by atoms with Crippen LogP contribution in [0.4, 0.5) is 5.69 Å². The minimum Gasteiger partial charge on any atom is -0.360 e. The third kappa shape index (κ3) is 2.91. The minimum atomic E-state index is -0.290. The van der Waals surface area contributed by atoms with Gasteiger partial charge in [0.1, 0.15) is 11.6 Å². The van der Waals surface area contributed by atoms with E-state index in [1.54, 1.807) is 18.2 Å². The van der Waals surface area contributed by atoms with Gasteiger partial charge >= 0.3 is 0 Å². The predicted molar refractivity (Wildman–Crippen MR) is 86.1 cm³/mol. The number of carbonyl (C=O) groups is 1. The lowest BCUT2D eigenvalue weighted by Crippen LogP contribution is -2.12. The summed E-state index contributed by atoms with van der Waals surface area (Å²) in [4.78, 5) is 16.5. The Morgan fingerprint density at radius 2 is 2.12 bits per heavy atom. The van der Waals surface area contributed by atoms with Gasteiger partial charge in [0.15, 0.2) is 11.5 Å². The van der Waals surface area contributed by atoms with Crippen molar-refractivity contribution in [3.8, 4) is 11.4 Å². The van der Waals surface area contributed by atoms with Crippen LogP contribution in [0.2, 0.25) is 0 Å². The molecule has 4 rings (SSSR count). The molecule has 0 spiro atoms. The van der Waals surface area contributed by atoms with Gasteiger partial charge in [-0.25, -0.2) is 4.98 Å². The van der Waals surface area contributed by atoms with Gasteiger partial charge in [0, 0.05) is 23.2 Å². The van der Waals surface area contributed by atoms with Crippen molar-refractivity contribution in [2.75, 3.05) is 5.32 Å². The van der Waals surface area contributed by atoms with Gasteiger partial charge in [0.2, 0.25) is 0 Å². The number of hydrogen-bond acceptors (Lipinski definition) is 6. The number of amides is 1. The molecule has 0 aliphatic heterocycles. The Balaban J connectivity index is 1.45. The summed E-state index contributed by atoms with van der Waals surface area (Å²) in [6, 6.07) is 8.94. The summed E-state index contributed by atoms with van der Waals surface area (Å²) in [7, 11) is 0. The second-order valence-corrected chi connectivity index (χ2v) is 5.73. The molecule has 1 aliphatic carbocycles. The van der Waals surface area contributed by atoms with Crippen LogP contribution in [0, 0.1) is 0 Å². The molecular weight excluding hydrogens is 308 g/mol. The second kappa shape index (κ2) is 5.89. The number of nitrogens with one attached hydrogen (secondary N) is 2. The monoisotopic (exact) mass is 324 g/mol. The molecule has 1 saturated carbocycles. The van der Waals surface area contributed by atoms with Gasteiger partial charge in [0.05, 0.1) is 6.54 Å². The predicted octanol–water partition coefficient (Wildman–Crippen LogP) is 2.05. The van der Waals surface area contributed by atoms with Gasteiger partial charge in [-0.1, -0.05) is 5.16 Å².